The highest BCUT2D eigenvalue weighted by molar-refractivity contribution is 5.78. The van der Waals surface area contributed by atoms with Crippen LogP contribution >= 0.6 is 0 Å². The first kappa shape index (κ1) is 21.0. The highest BCUT2D eigenvalue weighted by atomic mass is 19.3. The van der Waals surface area contributed by atoms with Crippen molar-refractivity contribution in [2.24, 2.45) is 5.73 Å². The Morgan fingerprint density at radius 2 is 1.91 bits per heavy atom. The van der Waals surface area contributed by atoms with Crippen LogP contribution in [0.2, 0.25) is 0 Å². The van der Waals surface area contributed by atoms with Crippen LogP contribution in [-0.4, -0.2) is 57.9 Å². The van der Waals surface area contributed by atoms with Crippen molar-refractivity contribution in [1.82, 2.24) is 19.5 Å². The van der Waals surface area contributed by atoms with E-state index in [0.29, 0.717) is 54.9 Å². The van der Waals surface area contributed by atoms with Crippen LogP contribution in [0.15, 0.2) is 30.3 Å². The molecule has 8 nitrogen and oxygen atoms in total. The van der Waals surface area contributed by atoms with E-state index in [1.54, 1.807) is 24.3 Å². The van der Waals surface area contributed by atoms with Crippen LogP contribution < -0.4 is 16.0 Å². The van der Waals surface area contributed by atoms with Crippen molar-refractivity contribution in [2.45, 2.75) is 44.2 Å². The molecule has 1 aliphatic carbocycles. The predicted molar refractivity (Wildman–Crippen MR) is 119 cm³/mol. The molecule has 1 saturated carbocycles. The molecule has 2 atom stereocenters. The number of aromatic nitrogens is 4. The van der Waals surface area contributed by atoms with Crippen molar-refractivity contribution >= 4 is 22.8 Å². The summed E-state index contributed by atoms with van der Waals surface area (Å²) < 4.78 is 34.8. The van der Waals surface area contributed by atoms with Crippen molar-refractivity contribution in [1.29, 1.82) is 0 Å². The van der Waals surface area contributed by atoms with Gasteiger partial charge >= 0.3 is 0 Å². The smallest absolute Gasteiger partial charge is 0.296 e. The van der Waals surface area contributed by atoms with Crippen LogP contribution in [0, 0.1) is 0 Å². The third-order valence-corrected chi connectivity index (χ3v) is 6.07. The second-order valence-electron chi connectivity index (χ2n) is 8.37. The number of para-hydroxylation sites is 2. The van der Waals surface area contributed by atoms with Crippen LogP contribution in [0.3, 0.4) is 0 Å². The maximum absolute atomic E-state index is 13.9. The lowest BCUT2D eigenvalue weighted by Crippen LogP contribution is -2.38. The summed E-state index contributed by atoms with van der Waals surface area (Å²) in [6.07, 6.45) is 1.18. The number of nitrogens with one attached hydrogen (secondary N) is 1. The summed E-state index contributed by atoms with van der Waals surface area (Å²) in [5, 5.41) is 3.48. The SMILES string of the molecule is N[C@H]1CCCC(Nc2cc(-n3c(C(F)F)nc4ccccc43)nc(N3CCOCC3)n2)C1. The first-order chi connectivity index (χ1) is 15.6. The van der Waals surface area contributed by atoms with Gasteiger partial charge in [-0.05, 0) is 37.8 Å². The van der Waals surface area contributed by atoms with Gasteiger partial charge in [0.1, 0.15) is 11.6 Å². The number of halogens is 2. The second-order valence-corrected chi connectivity index (χ2v) is 8.37. The zero-order valence-electron chi connectivity index (χ0n) is 17.8. The summed E-state index contributed by atoms with van der Waals surface area (Å²) in [5.74, 6) is 1.14. The first-order valence-electron chi connectivity index (χ1n) is 11.1. The van der Waals surface area contributed by atoms with E-state index < -0.39 is 6.43 Å². The Morgan fingerprint density at radius 3 is 2.69 bits per heavy atom. The first-order valence-corrected chi connectivity index (χ1v) is 11.1. The lowest BCUT2D eigenvalue weighted by Gasteiger charge is -2.30. The molecule has 2 aliphatic rings. The number of hydrogen-bond acceptors (Lipinski definition) is 7. The molecule has 0 bridgehead atoms. The number of nitrogens with two attached hydrogens (primary N) is 1. The summed E-state index contributed by atoms with van der Waals surface area (Å²) in [7, 11) is 0. The molecule has 170 valence electrons. The van der Waals surface area contributed by atoms with Gasteiger partial charge in [0, 0.05) is 31.2 Å². The number of ether oxygens (including phenoxy) is 1. The van der Waals surface area contributed by atoms with Gasteiger partial charge in [-0.1, -0.05) is 12.1 Å². The van der Waals surface area contributed by atoms with E-state index in [1.165, 1.54) is 4.57 Å². The summed E-state index contributed by atoms with van der Waals surface area (Å²) in [6, 6.07) is 9.17. The number of nitrogens with zero attached hydrogens (tertiary/aromatic N) is 5. The molecule has 32 heavy (non-hydrogen) atoms. The van der Waals surface area contributed by atoms with Gasteiger partial charge in [0.2, 0.25) is 5.95 Å². The Morgan fingerprint density at radius 1 is 1.09 bits per heavy atom. The molecule has 0 spiro atoms. The average Bonchev–Trinajstić information content (AvgIpc) is 3.20. The van der Waals surface area contributed by atoms with Gasteiger partial charge in [-0.25, -0.2) is 13.8 Å². The molecule has 3 heterocycles. The molecule has 5 rings (SSSR count). The number of alkyl halides is 2. The molecule has 3 aromatic rings. The van der Waals surface area contributed by atoms with Crippen LogP contribution in [-0.2, 0) is 4.74 Å². The van der Waals surface area contributed by atoms with E-state index in [-0.39, 0.29) is 17.9 Å². The average molecular weight is 444 g/mol. The topological polar surface area (TPSA) is 94.1 Å². The summed E-state index contributed by atoms with van der Waals surface area (Å²) in [6.45, 7) is 2.43. The minimum atomic E-state index is -2.74. The largest absolute Gasteiger partial charge is 0.378 e. The minimum absolute atomic E-state index is 0.157. The number of rotatable bonds is 5. The molecule has 1 unspecified atom stereocenters. The monoisotopic (exact) mass is 443 g/mol. The molecule has 0 amide bonds. The summed E-state index contributed by atoms with van der Waals surface area (Å²) in [4.78, 5) is 15.6. The number of fused-ring (bicyclic) bond motifs is 1. The fourth-order valence-electron chi connectivity index (χ4n) is 4.51. The summed E-state index contributed by atoms with van der Waals surface area (Å²) in [5.41, 5.74) is 7.24. The van der Waals surface area contributed by atoms with Crippen molar-refractivity contribution < 1.29 is 13.5 Å². The zero-order valence-corrected chi connectivity index (χ0v) is 17.8. The number of imidazole rings is 1. The lowest BCUT2D eigenvalue weighted by molar-refractivity contribution is 0.122. The minimum Gasteiger partial charge on any atom is -0.378 e. The van der Waals surface area contributed by atoms with Crippen molar-refractivity contribution in [3.05, 3.63) is 36.2 Å². The molecule has 3 N–H and O–H groups in total. The Bertz CT molecular complexity index is 1080. The fourth-order valence-corrected chi connectivity index (χ4v) is 4.51. The third kappa shape index (κ3) is 4.24. The molecule has 1 aliphatic heterocycles. The summed E-state index contributed by atoms with van der Waals surface area (Å²) >= 11 is 0. The molecular weight excluding hydrogens is 416 g/mol. The number of benzene rings is 1. The van der Waals surface area contributed by atoms with Crippen LogP contribution in [0.4, 0.5) is 20.5 Å². The second kappa shape index (κ2) is 8.95. The highest BCUT2D eigenvalue weighted by Gasteiger charge is 2.25. The Hall–Kier alpha value is -2.85. The van der Waals surface area contributed by atoms with Gasteiger partial charge in [0.25, 0.3) is 6.43 Å². The van der Waals surface area contributed by atoms with E-state index in [4.69, 9.17) is 15.5 Å². The standard InChI is InChI=1S/C22H27F2N7O/c23-20(24)21-27-16-6-1-2-7-17(16)31(21)19-13-18(26-15-5-3-4-14(25)12-15)28-22(29-19)30-8-10-32-11-9-30/h1-2,6-7,13-15,20H,3-5,8-12,25H2,(H,26,28,29)/t14-,15?/m0/s1. The zero-order chi connectivity index (χ0) is 22.1. The molecule has 0 radical (unpaired) electrons. The van der Waals surface area contributed by atoms with E-state index in [2.05, 4.69) is 15.3 Å². The Labute approximate surface area is 184 Å². The Kier molecular flexibility index (Phi) is 5.88. The molecular formula is C22H27F2N7O. The van der Waals surface area contributed by atoms with Gasteiger partial charge in [-0.2, -0.15) is 9.97 Å². The van der Waals surface area contributed by atoms with Crippen molar-refractivity contribution in [3.8, 4) is 5.82 Å². The van der Waals surface area contributed by atoms with Gasteiger partial charge in [-0.3, -0.25) is 4.57 Å². The van der Waals surface area contributed by atoms with Crippen LogP contribution in [0.5, 0.6) is 0 Å². The number of hydrogen-bond donors (Lipinski definition) is 2. The van der Waals surface area contributed by atoms with Crippen LogP contribution in [0.25, 0.3) is 16.9 Å². The normalized spacial score (nSPS) is 21.9. The van der Waals surface area contributed by atoms with E-state index in [1.807, 2.05) is 11.0 Å². The number of anilines is 2. The fraction of sp³-hybridized carbons (Fsp3) is 0.500. The van der Waals surface area contributed by atoms with Gasteiger partial charge in [-0.15, -0.1) is 0 Å². The van der Waals surface area contributed by atoms with Gasteiger partial charge in [0.05, 0.1) is 24.2 Å². The maximum Gasteiger partial charge on any atom is 0.296 e. The Balaban J connectivity index is 1.60. The predicted octanol–water partition coefficient (Wildman–Crippen LogP) is 3.27. The molecule has 10 heteroatoms. The maximum atomic E-state index is 13.9. The lowest BCUT2D eigenvalue weighted by atomic mass is 9.92. The van der Waals surface area contributed by atoms with Gasteiger partial charge in [0.15, 0.2) is 5.82 Å². The highest BCUT2D eigenvalue weighted by Crippen LogP contribution is 2.30. The quantitative estimate of drug-likeness (QED) is 0.625. The molecule has 1 aromatic carbocycles. The van der Waals surface area contributed by atoms with E-state index >= 15 is 0 Å². The van der Waals surface area contributed by atoms with E-state index in [0.717, 1.165) is 25.7 Å². The third-order valence-electron chi connectivity index (χ3n) is 6.07. The van der Waals surface area contributed by atoms with Crippen molar-refractivity contribution in [3.63, 3.8) is 0 Å². The number of morpholine rings is 1. The molecule has 2 aromatic heterocycles. The van der Waals surface area contributed by atoms with Crippen LogP contribution in [0.1, 0.15) is 37.9 Å². The van der Waals surface area contributed by atoms with E-state index in [9.17, 15) is 8.78 Å². The molecule has 2 fully saturated rings. The van der Waals surface area contributed by atoms with Crippen molar-refractivity contribution in [2.75, 3.05) is 36.5 Å². The molecule has 1 saturated heterocycles. The van der Waals surface area contributed by atoms with Gasteiger partial charge < -0.3 is 20.7 Å².